The van der Waals surface area contributed by atoms with Crippen molar-refractivity contribution in [1.29, 1.82) is 0 Å². The SMILES string of the molecule is CCCN(N)C(=O)c1cccnc1Cl. The third-order valence-electron chi connectivity index (χ3n) is 1.71. The molecule has 0 saturated carbocycles. The van der Waals surface area contributed by atoms with Gasteiger partial charge in [0.05, 0.1) is 5.56 Å². The molecule has 4 nitrogen and oxygen atoms in total. The molecule has 0 aliphatic carbocycles. The predicted molar refractivity (Wildman–Crippen MR) is 54.8 cm³/mol. The largest absolute Gasteiger partial charge is 0.277 e. The Balaban J connectivity index is 2.84. The van der Waals surface area contributed by atoms with Gasteiger partial charge in [-0.2, -0.15) is 0 Å². The maximum atomic E-state index is 11.6. The third-order valence-corrected chi connectivity index (χ3v) is 2.02. The molecular weight excluding hydrogens is 202 g/mol. The molecule has 1 rings (SSSR count). The number of hydrogen-bond acceptors (Lipinski definition) is 3. The Hall–Kier alpha value is -1.13. The molecule has 76 valence electrons. The Labute approximate surface area is 87.6 Å². The minimum absolute atomic E-state index is 0.184. The second-order valence-electron chi connectivity index (χ2n) is 2.84. The normalized spacial score (nSPS) is 9.93. The number of nitrogens with zero attached hydrogens (tertiary/aromatic N) is 2. The van der Waals surface area contributed by atoms with Crippen molar-refractivity contribution < 1.29 is 4.79 Å². The van der Waals surface area contributed by atoms with Gasteiger partial charge in [0.25, 0.3) is 5.91 Å². The smallest absolute Gasteiger partial charge is 0.270 e. The molecule has 0 radical (unpaired) electrons. The highest BCUT2D eigenvalue weighted by Gasteiger charge is 2.14. The fourth-order valence-electron chi connectivity index (χ4n) is 1.04. The van der Waals surface area contributed by atoms with E-state index in [1.54, 1.807) is 12.1 Å². The molecule has 0 saturated heterocycles. The van der Waals surface area contributed by atoms with Gasteiger partial charge in [0.15, 0.2) is 0 Å². The van der Waals surface area contributed by atoms with Crippen LogP contribution in [0, 0.1) is 0 Å². The second kappa shape index (κ2) is 4.93. The number of carbonyl (C=O) groups is 1. The van der Waals surface area contributed by atoms with Crippen molar-refractivity contribution in [2.75, 3.05) is 6.54 Å². The summed E-state index contributed by atoms with van der Waals surface area (Å²) in [5.41, 5.74) is 0.338. The molecule has 14 heavy (non-hydrogen) atoms. The van der Waals surface area contributed by atoms with Crippen LogP contribution < -0.4 is 5.84 Å². The van der Waals surface area contributed by atoms with E-state index in [9.17, 15) is 4.79 Å². The summed E-state index contributed by atoms with van der Waals surface area (Å²) < 4.78 is 0. The molecule has 1 aromatic rings. The van der Waals surface area contributed by atoms with Crippen LogP contribution in [0.25, 0.3) is 0 Å². The molecule has 0 unspecified atom stereocenters. The Morgan fingerprint density at radius 1 is 1.71 bits per heavy atom. The van der Waals surface area contributed by atoms with E-state index in [0.29, 0.717) is 12.1 Å². The van der Waals surface area contributed by atoms with E-state index in [1.165, 1.54) is 6.20 Å². The maximum absolute atomic E-state index is 11.6. The monoisotopic (exact) mass is 213 g/mol. The number of hydrogen-bond donors (Lipinski definition) is 1. The van der Waals surface area contributed by atoms with Crippen LogP contribution in [0.15, 0.2) is 18.3 Å². The Morgan fingerprint density at radius 2 is 2.43 bits per heavy atom. The fourth-order valence-corrected chi connectivity index (χ4v) is 1.24. The summed E-state index contributed by atoms with van der Waals surface area (Å²) in [6, 6.07) is 3.26. The first-order valence-electron chi connectivity index (χ1n) is 4.34. The first-order chi connectivity index (χ1) is 6.66. The van der Waals surface area contributed by atoms with Crippen molar-refractivity contribution in [3.8, 4) is 0 Å². The number of amides is 1. The number of hydrazine groups is 1. The zero-order valence-electron chi connectivity index (χ0n) is 7.90. The van der Waals surface area contributed by atoms with Crippen LogP contribution in [0.1, 0.15) is 23.7 Å². The number of rotatable bonds is 3. The van der Waals surface area contributed by atoms with Crippen LogP contribution in [0.4, 0.5) is 0 Å². The molecule has 0 spiro atoms. The van der Waals surface area contributed by atoms with Gasteiger partial charge in [0, 0.05) is 12.7 Å². The van der Waals surface area contributed by atoms with Gasteiger partial charge in [-0.15, -0.1) is 0 Å². The van der Waals surface area contributed by atoms with Gasteiger partial charge in [0.2, 0.25) is 0 Å². The Kier molecular flexibility index (Phi) is 3.85. The van der Waals surface area contributed by atoms with E-state index in [0.717, 1.165) is 11.4 Å². The molecule has 2 N–H and O–H groups in total. The molecule has 0 aliphatic heterocycles. The van der Waals surface area contributed by atoms with Gasteiger partial charge in [-0.3, -0.25) is 9.80 Å². The van der Waals surface area contributed by atoms with Crippen molar-refractivity contribution in [3.05, 3.63) is 29.0 Å². The van der Waals surface area contributed by atoms with Crippen molar-refractivity contribution in [3.63, 3.8) is 0 Å². The zero-order chi connectivity index (χ0) is 10.6. The molecule has 0 bridgehead atoms. The van der Waals surface area contributed by atoms with E-state index >= 15 is 0 Å². The number of aromatic nitrogens is 1. The molecule has 0 atom stereocenters. The highest BCUT2D eigenvalue weighted by Crippen LogP contribution is 2.12. The average molecular weight is 214 g/mol. The average Bonchev–Trinajstić information content (AvgIpc) is 2.18. The predicted octanol–water partition coefficient (Wildman–Crippen LogP) is 1.46. The van der Waals surface area contributed by atoms with E-state index in [1.807, 2.05) is 6.92 Å². The molecule has 0 fully saturated rings. The number of nitrogens with two attached hydrogens (primary N) is 1. The second-order valence-corrected chi connectivity index (χ2v) is 3.20. The quantitative estimate of drug-likeness (QED) is 0.358. The summed E-state index contributed by atoms with van der Waals surface area (Å²) in [4.78, 5) is 15.4. The molecule has 5 heteroatoms. The van der Waals surface area contributed by atoms with Gasteiger partial charge in [-0.25, -0.2) is 10.8 Å². The molecule has 1 amide bonds. The van der Waals surface area contributed by atoms with E-state index in [-0.39, 0.29) is 11.1 Å². The van der Waals surface area contributed by atoms with Gasteiger partial charge in [-0.05, 0) is 18.6 Å². The lowest BCUT2D eigenvalue weighted by molar-refractivity contribution is 0.0755. The topological polar surface area (TPSA) is 59.2 Å². The Bertz CT molecular complexity index is 330. The number of carbonyl (C=O) groups excluding carboxylic acids is 1. The van der Waals surface area contributed by atoms with E-state index < -0.39 is 0 Å². The lowest BCUT2D eigenvalue weighted by atomic mass is 10.2. The summed E-state index contributed by atoms with van der Waals surface area (Å²) in [6.45, 7) is 2.45. The summed E-state index contributed by atoms with van der Waals surface area (Å²) >= 11 is 5.75. The molecule has 0 aliphatic rings. The van der Waals surface area contributed by atoms with Crippen LogP contribution in [-0.4, -0.2) is 22.4 Å². The van der Waals surface area contributed by atoms with Gasteiger partial charge in [-0.1, -0.05) is 18.5 Å². The lowest BCUT2D eigenvalue weighted by Crippen LogP contribution is -2.38. The standard InChI is InChI=1S/C9H12ClN3O/c1-2-6-13(11)9(14)7-4-3-5-12-8(7)10/h3-5H,2,6,11H2,1H3. The Morgan fingerprint density at radius 3 is 3.00 bits per heavy atom. The highest BCUT2D eigenvalue weighted by molar-refractivity contribution is 6.32. The van der Waals surface area contributed by atoms with Crippen molar-refractivity contribution >= 4 is 17.5 Å². The van der Waals surface area contributed by atoms with Gasteiger partial charge < -0.3 is 0 Å². The summed E-state index contributed by atoms with van der Waals surface area (Å²) in [6.07, 6.45) is 2.33. The van der Waals surface area contributed by atoms with Crippen molar-refractivity contribution in [1.82, 2.24) is 9.99 Å². The number of pyridine rings is 1. The minimum Gasteiger partial charge on any atom is -0.277 e. The first-order valence-corrected chi connectivity index (χ1v) is 4.71. The van der Waals surface area contributed by atoms with Crippen LogP contribution in [0.3, 0.4) is 0 Å². The summed E-state index contributed by atoms with van der Waals surface area (Å²) in [5.74, 6) is 5.23. The number of halogens is 1. The third kappa shape index (κ3) is 2.43. The van der Waals surface area contributed by atoms with Crippen molar-refractivity contribution in [2.24, 2.45) is 5.84 Å². The van der Waals surface area contributed by atoms with E-state index in [2.05, 4.69) is 4.98 Å². The van der Waals surface area contributed by atoms with Crippen LogP contribution in [0.2, 0.25) is 5.15 Å². The summed E-state index contributed by atoms with van der Waals surface area (Å²) in [5, 5.41) is 1.33. The van der Waals surface area contributed by atoms with Crippen molar-refractivity contribution in [2.45, 2.75) is 13.3 Å². The van der Waals surface area contributed by atoms with Gasteiger partial charge in [0.1, 0.15) is 5.15 Å². The fraction of sp³-hybridized carbons (Fsp3) is 0.333. The maximum Gasteiger partial charge on any atom is 0.270 e. The van der Waals surface area contributed by atoms with Crippen LogP contribution >= 0.6 is 11.6 Å². The minimum atomic E-state index is -0.301. The molecule has 1 aromatic heterocycles. The van der Waals surface area contributed by atoms with E-state index in [4.69, 9.17) is 17.4 Å². The first kappa shape index (κ1) is 10.9. The van der Waals surface area contributed by atoms with Crippen LogP contribution in [0.5, 0.6) is 0 Å². The lowest BCUT2D eigenvalue weighted by Gasteiger charge is -2.15. The molecule has 1 heterocycles. The van der Waals surface area contributed by atoms with Gasteiger partial charge >= 0.3 is 0 Å². The molecular formula is C9H12ClN3O. The molecule has 0 aromatic carbocycles. The zero-order valence-corrected chi connectivity index (χ0v) is 8.66. The summed E-state index contributed by atoms with van der Waals surface area (Å²) in [7, 11) is 0. The highest BCUT2D eigenvalue weighted by atomic mass is 35.5. The van der Waals surface area contributed by atoms with Crippen LogP contribution in [-0.2, 0) is 0 Å².